The zero-order chi connectivity index (χ0) is 20.9. The van der Waals surface area contributed by atoms with E-state index in [1.165, 1.54) is 5.56 Å². The lowest BCUT2D eigenvalue weighted by atomic mass is 10.1. The maximum atomic E-state index is 13.0. The van der Waals surface area contributed by atoms with E-state index in [4.69, 9.17) is 9.47 Å². The third kappa shape index (κ3) is 4.74. The Kier molecular flexibility index (Phi) is 6.50. The third-order valence-electron chi connectivity index (χ3n) is 4.68. The molecule has 0 N–H and O–H groups in total. The second-order valence-electron chi connectivity index (χ2n) is 6.71. The molecular weight excluding hydrogens is 508 g/mol. The summed E-state index contributed by atoms with van der Waals surface area (Å²) in [6.07, 6.45) is 0.752. The monoisotopic (exact) mass is 524 g/mol. The molecule has 150 valence electrons. The number of rotatable bonds is 6. The van der Waals surface area contributed by atoms with Crippen LogP contribution >= 0.6 is 31.9 Å². The summed E-state index contributed by atoms with van der Waals surface area (Å²) in [5, 5.41) is 2.05. The molecule has 0 radical (unpaired) electrons. The first-order valence-electron chi connectivity index (χ1n) is 9.47. The maximum Gasteiger partial charge on any atom is 0.347 e. The fraction of sp³-hybridized carbons (Fsp3) is 0.0800. The van der Waals surface area contributed by atoms with Gasteiger partial charge in [0.2, 0.25) is 0 Å². The Morgan fingerprint density at radius 1 is 0.800 bits per heavy atom. The highest BCUT2D eigenvalue weighted by Crippen LogP contribution is 2.34. The van der Waals surface area contributed by atoms with Crippen molar-refractivity contribution in [3.63, 3.8) is 0 Å². The Morgan fingerprint density at radius 3 is 2.37 bits per heavy atom. The molecule has 0 saturated heterocycles. The smallest absolute Gasteiger partial charge is 0.347 e. The second-order valence-corrected chi connectivity index (χ2v) is 8.42. The van der Waals surface area contributed by atoms with Crippen molar-refractivity contribution < 1.29 is 14.3 Å². The molecule has 4 rings (SSSR count). The number of carbonyl (C=O) groups is 1. The normalized spacial score (nSPS) is 10.7. The number of esters is 1. The zero-order valence-corrected chi connectivity index (χ0v) is 19.1. The maximum absolute atomic E-state index is 13.0. The number of hydrogen-bond acceptors (Lipinski definition) is 3. The van der Waals surface area contributed by atoms with Crippen molar-refractivity contribution in [3.05, 3.63) is 105 Å². The molecule has 0 heterocycles. The van der Waals surface area contributed by atoms with Gasteiger partial charge in [0.25, 0.3) is 0 Å². The molecule has 0 aliphatic heterocycles. The summed E-state index contributed by atoms with van der Waals surface area (Å²) in [5.74, 6) is 0.493. The van der Waals surface area contributed by atoms with Crippen LogP contribution in [0.2, 0.25) is 0 Å². The van der Waals surface area contributed by atoms with Gasteiger partial charge in [0.05, 0.1) is 11.1 Å². The molecule has 0 atom stereocenters. The molecular formula is C25H18Br2O3. The zero-order valence-electron chi connectivity index (χ0n) is 16.0. The van der Waals surface area contributed by atoms with Crippen LogP contribution in [0.25, 0.3) is 10.8 Å². The van der Waals surface area contributed by atoms with Gasteiger partial charge in [-0.25, -0.2) is 4.79 Å². The molecule has 30 heavy (non-hydrogen) atoms. The molecule has 3 nitrogen and oxygen atoms in total. The van der Waals surface area contributed by atoms with E-state index in [9.17, 15) is 4.79 Å². The predicted octanol–water partition coefficient (Wildman–Crippen LogP) is 7.21. The third-order valence-corrected chi connectivity index (χ3v) is 5.99. The van der Waals surface area contributed by atoms with Gasteiger partial charge < -0.3 is 9.47 Å². The average molecular weight is 526 g/mol. The van der Waals surface area contributed by atoms with Crippen molar-refractivity contribution in [3.8, 4) is 11.5 Å². The van der Waals surface area contributed by atoms with E-state index < -0.39 is 5.97 Å². The molecule has 0 aliphatic carbocycles. The van der Waals surface area contributed by atoms with Crippen LogP contribution in [0.1, 0.15) is 15.9 Å². The largest absolute Gasteiger partial charge is 0.492 e. The number of benzene rings is 4. The Balaban J connectivity index is 1.53. The minimum absolute atomic E-state index is 0.373. The lowest BCUT2D eigenvalue weighted by molar-refractivity contribution is 0.0729. The first-order chi connectivity index (χ1) is 14.6. The van der Waals surface area contributed by atoms with E-state index in [1.807, 2.05) is 54.6 Å². The predicted molar refractivity (Wildman–Crippen MR) is 126 cm³/mol. The van der Waals surface area contributed by atoms with Gasteiger partial charge in [-0.3, -0.25) is 0 Å². The van der Waals surface area contributed by atoms with Gasteiger partial charge in [-0.15, -0.1) is 0 Å². The topological polar surface area (TPSA) is 35.5 Å². The molecule has 0 saturated carbocycles. The summed E-state index contributed by atoms with van der Waals surface area (Å²) < 4.78 is 13.2. The van der Waals surface area contributed by atoms with Crippen LogP contribution in [0.3, 0.4) is 0 Å². The molecule has 0 aliphatic rings. The quantitative estimate of drug-likeness (QED) is 0.197. The van der Waals surface area contributed by atoms with Gasteiger partial charge in [0.1, 0.15) is 17.1 Å². The van der Waals surface area contributed by atoms with Crippen molar-refractivity contribution in [2.75, 3.05) is 6.61 Å². The Bertz CT molecular complexity index is 1190. The number of halogens is 2. The van der Waals surface area contributed by atoms with E-state index in [1.54, 1.807) is 18.2 Å². The van der Waals surface area contributed by atoms with Gasteiger partial charge in [0, 0.05) is 10.9 Å². The fourth-order valence-electron chi connectivity index (χ4n) is 3.16. The van der Waals surface area contributed by atoms with Gasteiger partial charge in [-0.1, -0.05) is 76.6 Å². The molecule has 0 spiro atoms. The Morgan fingerprint density at radius 2 is 1.53 bits per heavy atom. The van der Waals surface area contributed by atoms with E-state index in [-0.39, 0.29) is 0 Å². The van der Waals surface area contributed by atoms with E-state index >= 15 is 0 Å². The standard InChI is InChI=1S/C25H18Br2O3/c26-19-11-13-22(29-15-14-17-6-2-1-3-7-17)21(16-19)25(28)30-23-12-10-18-8-4-5-9-20(18)24(23)27/h1-13,16H,14-15H2. The van der Waals surface area contributed by atoms with Gasteiger partial charge in [0.15, 0.2) is 0 Å². The van der Waals surface area contributed by atoms with Crippen LogP contribution in [0.5, 0.6) is 11.5 Å². The van der Waals surface area contributed by atoms with Crippen LogP contribution in [0, 0.1) is 0 Å². The van der Waals surface area contributed by atoms with Crippen LogP contribution in [0.15, 0.2) is 93.9 Å². The number of hydrogen-bond donors (Lipinski definition) is 0. The van der Waals surface area contributed by atoms with E-state index in [0.717, 1.165) is 26.1 Å². The summed E-state index contributed by atoms with van der Waals surface area (Å²) in [4.78, 5) is 13.0. The minimum atomic E-state index is -0.470. The minimum Gasteiger partial charge on any atom is -0.492 e. The Labute approximate surface area is 191 Å². The Hall–Kier alpha value is -2.63. The van der Waals surface area contributed by atoms with E-state index in [0.29, 0.717) is 23.7 Å². The highest BCUT2D eigenvalue weighted by atomic mass is 79.9. The molecule has 0 unspecified atom stereocenters. The van der Waals surface area contributed by atoms with Crippen molar-refractivity contribution in [1.29, 1.82) is 0 Å². The van der Waals surface area contributed by atoms with Crippen molar-refractivity contribution in [2.45, 2.75) is 6.42 Å². The lowest BCUT2D eigenvalue weighted by Crippen LogP contribution is -2.12. The summed E-state index contributed by atoms with van der Waals surface area (Å²) in [7, 11) is 0. The second kappa shape index (κ2) is 9.45. The molecule has 0 bridgehead atoms. The number of ether oxygens (including phenoxy) is 2. The van der Waals surface area contributed by atoms with Crippen LogP contribution < -0.4 is 9.47 Å². The molecule has 4 aromatic rings. The van der Waals surface area contributed by atoms with Gasteiger partial charge in [-0.05, 0) is 56.5 Å². The molecule has 0 fully saturated rings. The highest BCUT2D eigenvalue weighted by molar-refractivity contribution is 9.11. The van der Waals surface area contributed by atoms with Gasteiger partial charge >= 0.3 is 5.97 Å². The summed E-state index contributed by atoms with van der Waals surface area (Å²) in [5.41, 5.74) is 1.55. The molecule has 0 amide bonds. The van der Waals surface area contributed by atoms with E-state index in [2.05, 4.69) is 44.0 Å². The molecule has 4 aromatic carbocycles. The van der Waals surface area contributed by atoms with Crippen molar-refractivity contribution in [2.24, 2.45) is 0 Å². The number of carbonyl (C=O) groups excluding carboxylic acids is 1. The fourth-order valence-corrected chi connectivity index (χ4v) is 4.09. The van der Waals surface area contributed by atoms with Crippen molar-refractivity contribution in [1.82, 2.24) is 0 Å². The molecule has 5 heteroatoms. The van der Waals surface area contributed by atoms with Crippen LogP contribution in [0.4, 0.5) is 0 Å². The SMILES string of the molecule is O=C(Oc1ccc2ccccc2c1Br)c1cc(Br)ccc1OCCc1ccccc1. The number of fused-ring (bicyclic) bond motifs is 1. The summed E-state index contributed by atoms with van der Waals surface area (Å²) in [6, 6.07) is 27.1. The first kappa shape index (κ1) is 20.6. The lowest BCUT2D eigenvalue weighted by Gasteiger charge is -2.13. The molecule has 0 aromatic heterocycles. The summed E-state index contributed by atoms with van der Waals surface area (Å²) >= 11 is 7.00. The van der Waals surface area contributed by atoms with Crippen molar-refractivity contribution >= 4 is 48.6 Å². The first-order valence-corrected chi connectivity index (χ1v) is 11.1. The summed E-state index contributed by atoms with van der Waals surface area (Å²) in [6.45, 7) is 0.464. The highest BCUT2D eigenvalue weighted by Gasteiger charge is 2.18. The average Bonchev–Trinajstić information content (AvgIpc) is 2.77. The van der Waals surface area contributed by atoms with Crippen LogP contribution in [-0.4, -0.2) is 12.6 Å². The van der Waals surface area contributed by atoms with Crippen LogP contribution in [-0.2, 0) is 6.42 Å². The van der Waals surface area contributed by atoms with Gasteiger partial charge in [-0.2, -0.15) is 0 Å².